The van der Waals surface area contributed by atoms with Crippen LogP contribution in [0, 0.1) is 0 Å². The van der Waals surface area contributed by atoms with E-state index in [1.807, 2.05) is 0 Å². The Labute approximate surface area is 153 Å². The summed E-state index contributed by atoms with van der Waals surface area (Å²) in [6, 6.07) is 3.77. The van der Waals surface area contributed by atoms with Crippen LogP contribution in [0.2, 0.25) is 0 Å². The number of hydrogen-bond acceptors (Lipinski definition) is 6. The number of carbonyl (C=O) groups is 1. The van der Waals surface area contributed by atoms with Gasteiger partial charge in [0, 0.05) is 12.2 Å². The highest BCUT2D eigenvalue weighted by atomic mass is 32.2. The number of rotatable bonds is 12. The van der Waals surface area contributed by atoms with Crippen LogP contribution in [0.5, 0.6) is 0 Å². The van der Waals surface area contributed by atoms with Crippen molar-refractivity contribution in [3.8, 4) is 0 Å². The number of aliphatic hydroxyl groups is 1. The summed E-state index contributed by atoms with van der Waals surface area (Å²) in [5.74, 6) is 0.0977. The van der Waals surface area contributed by atoms with Crippen molar-refractivity contribution >= 4 is 23.7 Å². The first-order valence-electron chi connectivity index (χ1n) is 9.14. The van der Waals surface area contributed by atoms with E-state index in [9.17, 15) is 4.79 Å². The van der Waals surface area contributed by atoms with Gasteiger partial charge in [0.05, 0.1) is 0 Å². The van der Waals surface area contributed by atoms with Gasteiger partial charge in [0.1, 0.15) is 17.8 Å². The monoisotopic (exact) mass is 367 g/mol. The molecule has 7 heteroatoms. The second kappa shape index (κ2) is 11.3. The molecule has 25 heavy (non-hydrogen) atoms. The van der Waals surface area contributed by atoms with Crippen LogP contribution >= 0.6 is 11.9 Å². The third-order valence-electron chi connectivity index (χ3n) is 4.47. The fourth-order valence-corrected chi connectivity index (χ4v) is 3.56. The summed E-state index contributed by atoms with van der Waals surface area (Å²) in [6.45, 7) is 1.02. The van der Waals surface area contributed by atoms with Crippen molar-refractivity contribution in [2.24, 2.45) is 0 Å². The van der Waals surface area contributed by atoms with Crippen LogP contribution in [0.1, 0.15) is 56.2 Å². The van der Waals surface area contributed by atoms with Crippen molar-refractivity contribution in [1.29, 1.82) is 0 Å². The minimum Gasteiger partial charge on any atom is -0.480 e. The fraction of sp³-hybridized carbons (Fsp3) is 0.667. The molecule has 1 aliphatic heterocycles. The SMILES string of the molecule is O=C(O)C(CCCCCCCc1ccc2c(n1)NCCC2)NSCO. The van der Waals surface area contributed by atoms with Crippen LogP contribution in [0.3, 0.4) is 0 Å². The number of aromatic nitrogens is 1. The third kappa shape index (κ3) is 7.22. The third-order valence-corrected chi connectivity index (χ3v) is 5.05. The van der Waals surface area contributed by atoms with Gasteiger partial charge in [0.2, 0.25) is 0 Å². The van der Waals surface area contributed by atoms with Crippen LogP contribution < -0.4 is 10.0 Å². The lowest BCUT2D eigenvalue weighted by atomic mass is 10.0. The molecule has 1 aromatic rings. The van der Waals surface area contributed by atoms with Crippen LogP contribution in [0.15, 0.2) is 12.1 Å². The van der Waals surface area contributed by atoms with E-state index in [1.165, 1.54) is 12.0 Å². The highest BCUT2D eigenvalue weighted by Gasteiger charge is 2.16. The van der Waals surface area contributed by atoms with Crippen molar-refractivity contribution in [3.63, 3.8) is 0 Å². The summed E-state index contributed by atoms with van der Waals surface area (Å²) in [6.07, 6.45) is 9.20. The molecule has 2 heterocycles. The minimum atomic E-state index is -0.854. The average Bonchev–Trinajstić information content (AvgIpc) is 2.63. The summed E-state index contributed by atoms with van der Waals surface area (Å²) >= 11 is 1.04. The first kappa shape index (κ1) is 20.0. The van der Waals surface area contributed by atoms with Crippen molar-refractivity contribution < 1.29 is 15.0 Å². The van der Waals surface area contributed by atoms with Gasteiger partial charge in [-0.3, -0.25) is 4.79 Å². The number of carboxylic acid groups (broad SMARTS) is 1. The van der Waals surface area contributed by atoms with Crippen LogP contribution in [-0.2, 0) is 17.6 Å². The predicted octanol–water partition coefficient (Wildman–Crippen LogP) is 2.96. The number of nitrogens with one attached hydrogen (secondary N) is 2. The lowest BCUT2D eigenvalue weighted by molar-refractivity contribution is -0.139. The number of unbranched alkanes of at least 4 members (excludes halogenated alkanes) is 4. The van der Waals surface area contributed by atoms with Gasteiger partial charge in [-0.25, -0.2) is 9.71 Å². The fourth-order valence-electron chi connectivity index (χ4n) is 3.06. The Morgan fingerprint density at radius 2 is 2.08 bits per heavy atom. The standard InChI is InChI=1S/C18H29N3O3S/c22-13-25-21-16(18(23)24)9-5-3-1-2-4-8-15-11-10-14-7-6-12-19-17(14)20-15/h10-11,16,21-22H,1-9,12-13H2,(H,19,20)(H,23,24). The largest absolute Gasteiger partial charge is 0.480 e. The van der Waals surface area contributed by atoms with E-state index in [0.717, 1.165) is 75.0 Å². The van der Waals surface area contributed by atoms with Crippen molar-refractivity contribution in [3.05, 3.63) is 23.4 Å². The van der Waals surface area contributed by atoms with Gasteiger partial charge in [0.15, 0.2) is 0 Å². The number of aliphatic carboxylic acids is 1. The molecule has 0 saturated carbocycles. The topological polar surface area (TPSA) is 94.5 Å². The van der Waals surface area contributed by atoms with Gasteiger partial charge in [0.25, 0.3) is 0 Å². The van der Waals surface area contributed by atoms with Crippen molar-refractivity contribution in [1.82, 2.24) is 9.71 Å². The van der Waals surface area contributed by atoms with Crippen molar-refractivity contribution in [2.75, 3.05) is 17.8 Å². The van der Waals surface area contributed by atoms with E-state index in [4.69, 9.17) is 15.2 Å². The Morgan fingerprint density at radius 3 is 2.88 bits per heavy atom. The molecule has 0 radical (unpaired) electrons. The molecule has 0 aliphatic carbocycles. The van der Waals surface area contributed by atoms with Gasteiger partial charge < -0.3 is 15.5 Å². The zero-order valence-electron chi connectivity index (χ0n) is 14.7. The number of aliphatic hydroxyl groups excluding tert-OH is 1. The number of anilines is 1. The predicted molar refractivity (Wildman–Crippen MR) is 102 cm³/mol. The number of nitrogens with zero attached hydrogens (tertiary/aromatic N) is 1. The Morgan fingerprint density at radius 1 is 1.28 bits per heavy atom. The highest BCUT2D eigenvalue weighted by Crippen LogP contribution is 2.20. The molecule has 6 nitrogen and oxygen atoms in total. The maximum Gasteiger partial charge on any atom is 0.321 e. The molecule has 1 aliphatic rings. The van der Waals surface area contributed by atoms with E-state index >= 15 is 0 Å². The minimum absolute atomic E-state index is 0.115. The van der Waals surface area contributed by atoms with Gasteiger partial charge in [-0.05, 0) is 43.7 Å². The Bertz CT molecular complexity index is 542. The molecular weight excluding hydrogens is 338 g/mol. The number of aryl methyl sites for hydroxylation is 2. The lowest BCUT2D eigenvalue weighted by Gasteiger charge is -2.17. The molecule has 1 atom stereocenters. The van der Waals surface area contributed by atoms with Crippen molar-refractivity contribution in [2.45, 2.75) is 63.8 Å². The first-order chi connectivity index (χ1) is 12.2. The molecule has 0 spiro atoms. The Balaban J connectivity index is 1.56. The van der Waals surface area contributed by atoms with E-state index in [1.54, 1.807) is 0 Å². The normalized spacial score (nSPS) is 14.6. The molecule has 1 aromatic heterocycles. The summed E-state index contributed by atoms with van der Waals surface area (Å²) in [7, 11) is 0. The molecule has 0 amide bonds. The summed E-state index contributed by atoms with van der Waals surface area (Å²) in [5, 5.41) is 21.2. The zero-order valence-corrected chi connectivity index (χ0v) is 15.5. The number of fused-ring (bicyclic) bond motifs is 1. The van der Waals surface area contributed by atoms with Crippen LogP contribution in [-0.4, -0.2) is 39.7 Å². The Hall–Kier alpha value is -1.31. The second-order valence-corrected chi connectivity index (χ2v) is 7.21. The summed E-state index contributed by atoms with van der Waals surface area (Å²) < 4.78 is 2.77. The molecule has 0 bridgehead atoms. The Kier molecular flexibility index (Phi) is 9.07. The van der Waals surface area contributed by atoms with E-state index in [0.29, 0.717) is 6.42 Å². The molecule has 0 saturated heterocycles. The molecule has 2 rings (SSSR count). The molecule has 0 fully saturated rings. The van der Waals surface area contributed by atoms with Crippen LogP contribution in [0.25, 0.3) is 0 Å². The first-order valence-corrected chi connectivity index (χ1v) is 10.1. The maximum absolute atomic E-state index is 11.1. The molecule has 0 aromatic carbocycles. The molecular formula is C18H29N3O3S. The van der Waals surface area contributed by atoms with E-state index < -0.39 is 12.0 Å². The zero-order chi connectivity index (χ0) is 17.9. The number of hydrogen-bond donors (Lipinski definition) is 4. The van der Waals surface area contributed by atoms with Gasteiger partial charge >= 0.3 is 5.97 Å². The van der Waals surface area contributed by atoms with Gasteiger partial charge in [-0.15, -0.1) is 0 Å². The van der Waals surface area contributed by atoms with Crippen LogP contribution in [0.4, 0.5) is 5.82 Å². The molecule has 1 unspecified atom stereocenters. The van der Waals surface area contributed by atoms with Gasteiger partial charge in [-0.1, -0.05) is 43.7 Å². The second-order valence-electron chi connectivity index (χ2n) is 6.43. The molecule has 140 valence electrons. The highest BCUT2D eigenvalue weighted by molar-refractivity contribution is 7.97. The number of pyridine rings is 1. The quantitative estimate of drug-likeness (QED) is 0.256. The summed E-state index contributed by atoms with van der Waals surface area (Å²) in [5.41, 5.74) is 2.49. The van der Waals surface area contributed by atoms with E-state index in [-0.39, 0.29) is 5.94 Å². The lowest BCUT2D eigenvalue weighted by Crippen LogP contribution is -2.32. The number of carboxylic acids is 1. The van der Waals surface area contributed by atoms with E-state index in [2.05, 4.69) is 22.2 Å². The smallest absolute Gasteiger partial charge is 0.321 e. The van der Waals surface area contributed by atoms with Gasteiger partial charge in [-0.2, -0.15) is 0 Å². The molecule has 4 N–H and O–H groups in total. The average molecular weight is 368 g/mol. The maximum atomic E-state index is 11.1. The summed E-state index contributed by atoms with van der Waals surface area (Å²) in [4.78, 5) is 15.8.